The van der Waals surface area contributed by atoms with Crippen LogP contribution in [-0.2, 0) is 37.8 Å². The van der Waals surface area contributed by atoms with Crippen molar-refractivity contribution in [3.05, 3.63) is 94.5 Å². The number of nitrogens with zero attached hydrogens (tertiary/aromatic N) is 2. The largest absolute Gasteiger partial charge is 0.395 e. The van der Waals surface area contributed by atoms with Crippen LogP contribution < -0.4 is 15.5 Å². The first-order chi connectivity index (χ1) is 23.4. The molecule has 3 amide bonds. The summed E-state index contributed by atoms with van der Waals surface area (Å²) in [5.74, 6) is -1.26. The van der Waals surface area contributed by atoms with E-state index in [4.69, 9.17) is 16.3 Å². The number of carbonyl (C=O) groups is 3. The molecule has 3 aromatic carbocycles. The molecule has 0 aliphatic carbocycles. The highest BCUT2D eigenvalue weighted by Gasteiger charge is 2.67. The van der Waals surface area contributed by atoms with Gasteiger partial charge in [0.25, 0.3) is 5.91 Å². The molecular weight excluding hydrogens is 663 g/mol. The van der Waals surface area contributed by atoms with E-state index in [1.807, 2.05) is 61.5 Å². The number of nitrogens with one attached hydrogen (secondary N) is 2. The van der Waals surface area contributed by atoms with E-state index in [-0.39, 0.29) is 49.9 Å². The van der Waals surface area contributed by atoms with Crippen LogP contribution in [0, 0.1) is 5.92 Å². The minimum absolute atomic E-state index is 0.0680. The number of aliphatic hydroxyl groups is 1. The van der Waals surface area contributed by atoms with Gasteiger partial charge in [-0.3, -0.25) is 14.4 Å². The molecule has 0 radical (unpaired) electrons. The Morgan fingerprint density at radius 3 is 2.51 bits per heavy atom. The van der Waals surface area contributed by atoms with E-state index in [1.165, 1.54) is 0 Å². The zero-order valence-electron chi connectivity index (χ0n) is 28.1. The van der Waals surface area contributed by atoms with Crippen LogP contribution in [0.2, 0.25) is 23.7 Å². The Labute approximate surface area is 292 Å². The molecule has 2 fully saturated rings. The Bertz CT molecular complexity index is 1680. The first-order valence-corrected chi connectivity index (χ1v) is 20.3. The highest BCUT2D eigenvalue weighted by Crippen LogP contribution is 2.60. The average Bonchev–Trinajstić information content (AvgIpc) is 3.76. The highest BCUT2D eigenvalue weighted by atomic mass is 35.5. The van der Waals surface area contributed by atoms with Gasteiger partial charge in [0.15, 0.2) is 5.60 Å². The maximum atomic E-state index is 16.3. The molecular formula is C37H44ClFN4O5Si. The van der Waals surface area contributed by atoms with E-state index in [0.717, 1.165) is 30.5 Å². The molecule has 0 saturated carbocycles. The fourth-order valence-corrected chi connectivity index (χ4v) is 10.6. The van der Waals surface area contributed by atoms with Crippen molar-refractivity contribution in [2.45, 2.75) is 75.7 Å². The van der Waals surface area contributed by atoms with E-state index in [0.29, 0.717) is 28.5 Å². The fourth-order valence-electron chi connectivity index (χ4n) is 7.91. The lowest BCUT2D eigenvalue weighted by molar-refractivity contribution is -0.150. The summed E-state index contributed by atoms with van der Waals surface area (Å²) in [4.78, 5) is 44.3. The third-order valence-corrected chi connectivity index (χ3v) is 12.9. The maximum absolute atomic E-state index is 16.3. The Kier molecular flexibility index (Phi) is 10.3. The van der Waals surface area contributed by atoms with Gasteiger partial charge in [-0.1, -0.05) is 61.0 Å². The summed E-state index contributed by atoms with van der Waals surface area (Å²) in [5.41, 5.74) is 1.40. The number of hydrogen-bond donors (Lipinski definition) is 3. The Morgan fingerprint density at radius 1 is 1.12 bits per heavy atom. The number of anilines is 2. The molecule has 0 aromatic heterocycles. The normalized spacial score (nSPS) is 24.8. The monoisotopic (exact) mass is 706 g/mol. The molecule has 0 unspecified atom stereocenters. The number of aliphatic hydroxyl groups excluding tert-OH is 1. The quantitative estimate of drug-likeness (QED) is 0.173. The van der Waals surface area contributed by atoms with Gasteiger partial charge in [0, 0.05) is 40.8 Å². The number of ether oxygens (including phenoxy) is 1. The summed E-state index contributed by atoms with van der Waals surface area (Å²) in [6.07, 6.45) is 0.783. The molecule has 49 heavy (non-hydrogen) atoms. The van der Waals surface area contributed by atoms with E-state index in [1.54, 1.807) is 41.1 Å². The zero-order chi connectivity index (χ0) is 34.9. The predicted octanol–water partition coefficient (Wildman–Crippen LogP) is 5.76. The molecule has 3 aliphatic rings. The maximum Gasteiger partial charge on any atom is 0.264 e. The van der Waals surface area contributed by atoms with Gasteiger partial charge in [-0.2, -0.15) is 0 Å². The molecule has 2 saturated heterocycles. The number of rotatable bonds is 11. The van der Waals surface area contributed by atoms with Gasteiger partial charge in [0.1, 0.15) is 0 Å². The summed E-state index contributed by atoms with van der Waals surface area (Å²) >= 11 is 6.52. The Hall–Kier alpha value is -3.61. The lowest BCUT2D eigenvalue weighted by Gasteiger charge is -2.31. The first kappa shape index (κ1) is 35.2. The van der Waals surface area contributed by atoms with Gasteiger partial charge in [-0.15, -0.1) is 0 Å². The summed E-state index contributed by atoms with van der Waals surface area (Å²) in [7, 11) is -3.52. The van der Waals surface area contributed by atoms with E-state index in [2.05, 4.69) is 10.6 Å². The lowest BCUT2D eigenvalue weighted by atomic mass is 9.82. The van der Waals surface area contributed by atoms with Crippen LogP contribution in [-0.4, -0.2) is 68.0 Å². The van der Waals surface area contributed by atoms with Crippen molar-refractivity contribution < 1.29 is 28.3 Å². The fraction of sp³-hybridized carbons (Fsp3) is 0.432. The SMILES string of the molecule is C[C@H]1[C@H]([Si](C)(C)F)[C@@H](CC(=O)N(CCO)Cc2ccccc2)O[C@]12C(=O)N(Cc1ccc(NC(=O)[C@H]3CCCN3)cc1)c1ccc(Cl)cc12. The second kappa shape index (κ2) is 14.3. The molecule has 3 heterocycles. The van der Waals surface area contributed by atoms with Crippen molar-refractivity contribution in [1.82, 2.24) is 10.2 Å². The van der Waals surface area contributed by atoms with Crippen molar-refractivity contribution in [1.29, 1.82) is 0 Å². The molecule has 3 aliphatic heterocycles. The van der Waals surface area contributed by atoms with E-state index >= 15 is 4.11 Å². The predicted molar refractivity (Wildman–Crippen MR) is 190 cm³/mol. The number of benzene rings is 3. The van der Waals surface area contributed by atoms with Crippen LogP contribution in [0.4, 0.5) is 15.5 Å². The molecule has 3 N–H and O–H groups in total. The first-order valence-electron chi connectivity index (χ1n) is 17.0. The summed E-state index contributed by atoms with van der Waals surface area (Å²) in [6.45, 7) is 6.29. The van der Waals surface area contributed by atoms with Gasteiger partial charge >= 0.3 is 0 Å². The molecule has 0 bridgehead atoms. The van der Waals surface area contributed by atoms with Crippen LogP contribution in [0.1, 0.15) is 42.9 Å². The van der Waals surface area contributed by atoms with Crippen molar-refractivity contribution in [3.63, 3.8) is 0 Å². The summed E-state index contributed by atoms with van der Waals surface area (Å²) in [5, 5.41) is 16.3. The van der Waals surface area contributed by atoms with Crippen molar-refractivity contribution in [2.24, 2.45) is 5.92 Å². The van der Waals surface area contributed by atoms with Crippen molar-refractivity contribution >= 4 is 49.1 Å². The van der Waals surface area contributed by atoms with Gasteiger partial charge in [0.05, 0.1) is 37.4 Å². The zero-order valence-corrected chi connectivity index (χ0v) is 29.9. The number of amides is 3. The smallest absolute Gasteiger partial charge is 0.264 e. The van der Waals surface area contributed by atoms with E-state index < -0.39 is 31.6 Å². The van der Waals surface area contributed by atoms with Crippen LogP contribution in [0.15, 0.2) is 72.8 Å². The van der Waals surface area contributed by atoms with Crippen molar-refractivity contribution in [3.8, 4) is 0 Å². The van der Waals surface area contributed by atoms with Crippen LogP contribution in [0.5, 0.6) is 0 Å². The minimum atomic E-state index is -3.52. The number of halogens is 2. The lowest BCUT2D eigenvalue weighted by Crippen LogP contribution is -2.45. The summed E-state index contributed by atoms with van der Waals surface area (Å²) < 4.78 is 23.1. The highest BCUT2D eigenvalue weighted by molar-refractivity contribution is 6.72. The van der Waals surface area contributed by atoms with Gasteiger partial charge in [-0.05, 0) is 73.9 Å². The minimum Gasteiger partial charge on any atom is -0.395 e. The molecule has 1 spiro atoms. The molecule has 9 nitrogen and oxygen atoms in total. The molecule has 5 atom stereocenters. The Morgan fingerprint density at radius 2 is 1.86 bits per heavy atom. The Balaban J connectivity index is 1.27. The molecule has 260 valence electrons. The number of fused-ring (bicyclic) bond motifs is 2. The third kappa shape index (κ3) is 7.05. The standard InChI is InChI=1S/C37H44ClFN4O5Si/c1-24-34(49(2,3)39)32(21-33(45)42(18-19-44)22-25-8-5-4-6-9-25)48-37(24)29-20-27(38)13-16-31(29)43(36(37)47)23-26-11-14-28(15-12-26)41-35(46)30-10-7-17-40-30/h4-6,8-9,11-16,20,24,30,32,34,40,44H,7,10,17-19,21-23H2,1-3H3,(H,41,46)/t24-,30+,32+,34-,37+/m0/s1. The summed E-state index contributed by atoms with van der Waals surface area (Å²) in [6, 6.07) is 21.9. The number of hydrogen-bond acceptors (Lipinski definition) is 6. The second-order valence-corrected chi connectivity index (χ2v) is 18.1. The molecule has 12 heteroatoms. The van der Waals surface area contributed by atoms with Crippen LogP contribution in [0.25, 0.3) is 0 Å². The van der Waals surface area contributed by atoms with Gasteiger partial charge < -0.3 is 34.4 Å². The topological polar surface area (TPSA) is 111 Å². The number of carbonyl (C=O) groups excluding carboxylic acids is 3. The van der Waals surface area contributed by atoms with Crippen LogP contribution in [0.3, 0.4) is 0 Å². The van der Waals surface area contributed by atoms with E-state index in [9.17, 15) is 19.5 Å². The van der Waals surface area contributed by atoms with Crippen molar-refractivity contribution in [2.75, 3.05) is 29.9 Å². The second-order valence-electron chi connectivity index (χ2n) is 13.9. The van der Waals surface area contributed by atoms with Gasteiger partial charge in [0.2, 0.25) is 20.2 Å². The average molecular weight is 707 g/mol. The van der Waals surface area contributed by atoms with Crippen LogP contribution >= 0.6 is 11.6 Å². The molecule has 6 rings (SSSR count). The van der Waals surface area contributed by atoms with Gasteiger partial charge in [-0.25, -0.2) is 0 Å². The third-order valence-electron chi connectivity index (χ3n) is 10.2. The molecule has 3 aromatic rings.